The summed E-state index contributed by atoms with van der Waals surface area (Å²) in [4.78, 5) is 0. The number of fused-ring (bicyclic) bond motifs is 3. The molecule has 3 rings (SSSR count). The SMILES string of the molecule is c1ccc2c(c1)CCc1conc1-2. The summed E-state index contributed by atoms with van der Waals surface area (Å²) in [7, 11) is 0. The number of benzene rings is 1. The first-order valence-electron chi connectivity index (χ1n) is 4.47. The van der Waals surface area contributed by atoms with Gasteiger partial charge >= 0.3 is 0 Å². The zero-order valence-electron chi connectivity index (χ0n) is 7.16. The monoisotopic (exact) mass is 171 g/mol. The molecule has 1 aliphatic carbocycles. The highest BCUT2D eigenvalue weighted by Gasteiger charge is 2.18. The predicted octanol–water partition coefficient (Wildman–Crippen LogP) is 2.44. The summed E-state index contributed by atoms with van der Waals surface area (Å²) in [6.07, 6.45) is 3.91. The number of hydrogen-bond acceptors (Lipinski definition) is 2. The van der Waals surface area contributed by atoms with Crippen LogP contribution in [0.4, 0.5) is 0 Å². The molecule has 1 aromatic heterocycles. The van der Waals surface area contributed by atoms with E-state index in [2.05, 4.69) is 23.4 Å². The van der Waals surface area contributed by atoms with Gasteiger partial charge in [-0.1, -0.05) is 29.4 Å². The second-order valence-electron chi connectivity index (χ2n) is 3.35. The Hall–Kier alpha value is -1.57. The standard InChI is InChI=1S/C11H9NO/c1-2-4-10-8(3-1)5-6-9-7-13-12-11(9)10/h1-4,7H,5-6H2. The van der Waals surface area contributed by atoms with Gasteiger partial charge in [-0.25, -0.2) is 0 Å². The van der Waals surface area contributed by atoms with Crippen LogP contribution in [0.25, 0.3) is 11.3 Å². The Balaban J connectivity index is 2.30. The zero-order chi connectivity index (χ0) is 8.67. The maximum Gasteiger partial charge on any atom is 0.127 e. The highest BCUT2D eigenvalue weighted by atomic mass is 16.5. The van der Waals surface area contributed by atoms with Crippen LogP contribution in [0.3, 0.4) is 0 Å². The number of nitrogens with zero attached hydrogens (tertiary/aromatic N) is 1. The van der Waals surface area contributed by atoms with Crippen LogP contribution in [-0.4, -0.2) is 5.16 Å². The lowest BCUT2D eigenvalue weighted by Crippen LogP contribution is -2.01. The molecule has 0 saturated carbocycles. The van der Waals surface area contributed by atoms with E-state index in [4.69, 9.17) is 4.52 Å². The van der Waals surface area contributed by atoms with Crippen LogP contribution in [0.5, 0.6) is 0 Å². The first-order valence-corrected chi connectivity index (χ1v) is 4.47. The van der Waals surface area contributed by atoms with Crippen LogP contribution in [-0.2, 0) is 12.8 Å². The number of aryl methyl sites for hydroxylation is 2. The van der Waals surface area contributed by atoms with Crippen molar-refractivity contribution in [1.29, 1.82) is 0 Å². The number of aromatic nitrogens is 1. The third kappa shape index (κ3) is 0.917. The van der Waals surface area contributed by atoms with Gasteiger partial charge in [0.1, 0.15) is 12.0 Å². The van der Waals surface area contributed by atoms with E-state index in [-0.39, 0.29) is 0 Å². The summed E-state index contributed by atoms with van der Waals surface area (Å²) < 4.78 is 4.97. The van der Waals surface area contributed by atoms with E-state index < -0.39 is 0 Å². The van der Waals surface area contributed by atoms with Crippen molar-refractivity contribution in [2.45, 2.75) is 12.8 Å². The molecule has 0 radical (unpaired) electrons. The Kier molecular flexibility index (Phi) is 1.30. The van der Waals surface area contributed by atoms with Crippen molar-refractivity contribution in [2.24, 2.45) is 0 Å². The smallest absolute Gasteiger partial charge is 0.127 e. The average molecular weight is 171 g/mol. The van der Waals surface area contributed by atoms with Crippen LogP contribution in [0.15, 0.2) is 35.1 Å². The molecule has 0 atom stereocenters. The fourth-order valence-corrected chi connectivity index (χ4v) is 1.90. The van der Waals surface area contributed by atoms with Crippen LogP contribution in [0.2, 0.25) is 0 Å². The lowest BCUT2D eigenvalue weighted by molar-refractivity contribution is 0.421. The largest absolute Gasteiger partial charge is 0.364 e. The highest BCUT2D eigenvalue weighted by Crippen LogP contribution is 2.31. The lowest BCUT2D eigenvalue weighted by Gasteiger charge is -2.12. The third-order valence-corrected chi connectivity index (χ3v) is 2.58. The van der Waals surface area contributed by atoms with Gasteiger partial charge in [-0.3, -0.25) is 0 Å². The maximum absolute atomic E-state index is 4.97. The molecule has 2 nitrogen and oxygen atoms in total. The van der Waals surface area contributed by atoms with Gasteiger partial charge in [-0.05, 0) is 18.4 Å². The Labute approximate surface area is 76.2 Å². The molecule has 2 aromatic rings. The average Bonchev–Trinajstić information content (AvgIpc) is 2.65. The second kappa shape index (κ2) is 2.46. The third-order valence-electron chi connectivity index (χ3n) is 2.58. The molecule has 13 heavy (non-hydrogen) atoms. The molecule has 0 N–H and O–H groups in total. The van der Waals surface area contributed by atoms with Crippen molar-refractivity contribution in [3.63, 3.8) is 0 Å². The molecule has 64 valence electrons. The first kappa shape index (κ1) is 6.89. The fraction of sp³-hybridized carbons (Fsp3) is 0.182. The molecule has 0 unspecified atom stereocenters. The molecule has 1 heterocycles. The van der Waals surface area contributed by atoms with Gasteiger partial charge in [-0.2, -0.15) is 0 Å². The van der Waals surface area contributed by atoms with Crippen LogP contribution in [0, 0.1) is 0 Å². The zero-order valence-corrected chi connectivity index (χ0v) is 7.16. The van der Waals surface area contributed by atoms with Crippen molar-refractivity contribution in [2.75, 3.05) is 0 Å². The number of rotatable bonds is 0. The molecule has 0 spiro atoms. The highest BCUT2D eigenvalue weighted by molar-refractivity contribution is 5.68. The van der Waals surface area contributed by atoms with E-state index in [9.17, 15) is 0 Å². The summed E-state index contributed by atoms with van der Waals surface area (Å²) in [5, 5.41) is 4.02. The molecule has 0 bridgehead atoms. The van der Waals surface area contributed by atoms with Gasteiger partial charge in [0.2, 0.25) is 0 Å². The normalized spacial score (nSPS) is 13.5. The van der Waals surface area contributed by atoms with E-state index in [0.717, 1.165) is 18.5 Å². The Morgan fingerprint density at radius 3 is 2.92 bits per heavy atom. The molecule has 2 heteroatoms. The van der Waals surface area contributed by atoms with E-state index >= 15 is 0 Å². The molecule has 0 fully saturated rings. The summed E-state index contributed by atoms with van der Waals surface area (Å²) in [5.74, 6) is 0. The van der Waals surface area contributed by atoms with E-state index in [1.54, 1.807) is 6.26 Å². The van der Waals surface area contributed by atoms with Crippen molar-refractivity contribution in [1.82, 2.24) is 5.16 Å². The van der Waals surface area contributed by atoms with Gasteiger partial charge in [0, 0.05) is 11.1 Å². The maximum atomic E-state index is 4.97. The van der Waals surface area contributed by atoms with E-state index in [0.29, 0.717) is 0 Å². The van der Waals surface area contributed by atoms with Crippen LogP contribution in [0.1, 0.15) is 11.1 Å². The molecule has 1 aliphatic rings. The minimum Gasteiger partial charge on any atom is -0.364 e. The quantitative estimate of drug-likeness (QED) is 0.608. The molecule has 0 amide bonds. The summed E-state index contributed by atoms with van der Waals surface area (Å²) in [5.41, 5.74) is 4.88. The van der Waals surface area contributed by atoms with E-state index in [1.807, 2.05) is 6.07 Å². The van der Waals surface area contributed by atoms with Crippen LogP contribution >= 0.6 is 0 Å². The van der Waals surface area contributed by atoms with Gasteiger partial charge < -0.3 is 4.52 Å². The molecule has 1 aromatic carbocycles. The first-order chi connectivity index (χ1) is 6.45. The summed E-state index contributed by atoms with van der Waals surface area (Å²) in [6.45, 7) is 0. The van der Waals surface area contributed by atoms with Crippen molar-refractivity contribution in [3.8, 4) is 11.3 Å². The lowest BCUT2D eigenvalue weighted by atomic mass is 9.91. The minimum absolute atomic E-state index is 1.03. The Bertz CT molecular complexity index is 445. The minimum atomic E-state index is 1.03. The van der Waals surface area contributed by atoms with Gasteiger partial charge in [0.15, 0.2) is 0 Å². The molecular formula is C11H9NO. The number of hydrogen-bond donors (Lipinski definition) is 0. The van der Waals surface area contributed by atoms with Gasteiger partial charge in [-0.15, -0.1) is 0 Å². The predicted molar refractivity (Wildman–Crippen MR) is 49.3 cm³/mol. The fourth-order valence-electron chi connectivity index (χ4n) is 1.90. The molecular weight excluding hydrogens is 162 g/mol. The van der Waals surface area contributed by atoms with Crippen molar-refractivity contribution < 1.29 is 4.52 Å². The topological polar surface area (TPSA) is 26.0 Å². The molecule has 0 saturated heterocycles. The summed E-state index contributed by atoms with van der Waals surface area (Å²) in [6, 6.07) is 8.38. The van der Waals surface area contributed by atoms with Gasteiger partial charge in [0.05, 0.1) is 0 Å². The molecule has 0 aliphatic heterocycles. The van der Waals surface area contributed by atoms with E-state index in [1.165, 1.54) is 16.7 Å². The van der Waals surface area contributed by atoms with Crippen LogP contribution < -0.4 is 0 Å². The van der Waals surface area contributed by atoms with Crippen molar-refractivity contribution >= 4 is 0 Å². The Morgan fingerprint density at radius 2 is 1.92 bits per heavy atom. The Morgan fingerprint density at radius 1 is 1.08 bits per heavy atom. The van der Waals surface area contributed by atoms with Crippen molar-refractivity contribution in [3.05, 3.63) is 41.7 Å². The summed E-state index contributed by atoms with van der Waals surface area (Å²) >= 11 is 0. The second-order valence-corrected chi connectivity index (χ2v) is 3.35. The van der Waals surface area contributed by atoms with Gasteiger partial charge in [0.25, 0.3) is 0 Å².